The van der Waals surface area contributed by atoms with Crippen molar-refractivity contribution in [2.75, 3.05) is 52.4 Å². The smallest absolute Gasteiger partial charge is 0.281 e. The molecule has 156 valence electrons. The van der Waals surface area contributed by atoms with Crippen LogP contribution in [0.1, 0.15) is 57.8 Å². The van der Waals surface area contributed by atoms with Crippen molar-refractivity contribution in [2.45, 2.75) is 57.8 Å². The Morgan fingerprint density at radius 3 is 1.93 bits per heavy atom. The zero-order valence-electron chi connectivity index (χ0n) is 16.6. The van der Waals surface area contributed by atoms with Crippen LogP contribution < -0.4 is 5.32 Å². The van der Waals surface area contributed by atoms with E-state index in [1.165, 1.54) is 25.7 Å². The summed E-state index contributed by atoms with van der Waals surface area (Å²) in [6.07, 6.45) is 9.44. The lowest BCUT2D eigenvalue weighted by atomic mass is 9.97. The average molecular weight is 401 g/mol. The Morgan fingerprint density at radius 2 is 1.30 bits per heavy atom. The van der Waals surface area contributed by atoms with E-state index in [4.69, 9.17) is 0 Å². The molecule has 0 saturated carbocycles. The van der Waals surface area contributed by atoms with E-state index in [9.17, 15) is 13.2 Å². The van der Waals surface area contributed by atoms with Crippen LogP contribution in [0.2, 0.25) is 0 Å². The number of carbonyl (C=O) groups is 1. The Bertz CT molecular complexity index is 562. The monoisotopic (exact) mass is 400 g/mol. The van der Waals surface area contributed by atoms with Gasteiger partial charge in [0.2, 0.25) is 5.91 Å². The van der Waals surface area contributed by atoms with Gasteiger partial charge in [-0.3, -0.25) is 4.79 Å². The van der Waals surface area contributed by atoms with E-state index in [2.05, 4.69) is 10.2 Å². The van der Waals surface area contributed by atoms with Gasteiger partial charge in [0.25, 0.3) is 10.2 Å². The lowest BCUT2D eigenvalue weighted by Crippen LogP contribution is -2.50. The molecule has 27 heavy (non-hydrogen) atoms. The molecule has 3 saturated heterocycles. The summed E-state index contributed by atoms with van der Waals surface area (Å²) in [5, 5.41) is 3.08. The summed E-state index contributed by atoms with van der Waals surface area (Å²) in [6.45, 7) is 6.11. The summed E-state index contributed by atoms with van der Waals surface area (Å²) in [5.41, 5.74) is 0. The van der Waals surface area contributed by atoms with Crippen molar-refractivity contribution in [2.24, 2.45) is 5.92 Å². The van der Waals surface area contributed by atoms with Crippen LogP contribution in [0.25, 0.3) is 0 Å². The number of rotatable bonds is 6. The number of piperidine rings is 2. The minimum atomic E-state index is -3.34. The minimum Gasteiger partial charge on any atom is -0.355 e. The number of likely N-dealkylation sites (tertiary alicyclic amines) is 1. The van der Waals surface area contributed by atoms with Crippen LogP contribution in [0.5, 0.6) is 0 Å². The molecular formula is C19H36N4O3S. The summed E-state index contributed by atoms with van der Waals surface area (Å²) >= 11 is 0. The van der Waals surface area contributed by atoms with Crippen molar-refractivity contribution >= 4 is 16.1 Å². The van der Waals surface area contributed by atoms with Crippen molar-refractivity contribution in [3.63, 3.8) is 0 Å². The third-order valence-corrected chi connectivity index (χ3v) is 8.25. The fourth-order valence-corrected chi connectivity index (χ4v) is 6.17. The van der Waals surface area contributed by atoms with Crippen LogP contribution >= 0.6 is 0 Å². The predicted molar refractivity (Wildman–Crippen MR) is 107 cm³/mol. The van der Waals surface area contributed by atoms with Gasteiger partial charge in [-0.15, -0.1) is 0 Å². The zero-order valence-corrected chi connectivity index (χ0v) is 17.4. The van der Waals surface area contributed by atoms with Crippen LogP contribution in [0.3, 0.4) is 0 Å². The van der Waals surface area contributed by atoms with Crippen LogP contribution in [-0.2, 0) is 15.0 Å². The molecule has 3 rings (SSSR count). The average Bonchev–Trinajstić information content (AvgIpc) is 2.97. The largest absolute Gasteiger partial charge is 0.355 e. The van der Waals surface area contributed by atoms with Gasteiger partial charge < -0.3 is 10.2 Å². The molecule has 0 radical (unpaired) electrons. The Kier molecular flexibility index (Phi) is 7.93. The van der Waals surface area contributed by atoms with Gasteiger partial charge >= 0.3 is 0 Å². The summed E-state index contributed by atoms with van der Waals surface area (Å²) in [4.78, 5) is 14.9. The fourth-order valence-electron chi connectivity index (χ4n) is 4.45. The molecular weight excluding hydrogens is 364 g/mol. The lowest BCUT2D eigenvalue weighted by molar-refractivity contribution is -0.126. The van der Waals surface area contributed by atoms with E-state index in [0.29, 0.717) is 45.6 Å². The van der Waals surface area contributed by atoms with Crippen molar-refractivity contribution in [3.8, 4) is 0 Å². The maximum absolute atomic E-state index is 12.7. The second-order valence-electron chi connectivity index (χ2n) is 8.19. The van der Waals surface area contributed by atoms with Crippen molar-refractivity contribution in [1.29, 1.82) is 0 Å². The molecule has 0 atom stereocenters. The molecule has 0 aromatic heterocycles. The van der Waals surface area contributed by atoms with Gasteiger partial charge in [-0.1, -0.05) is 19.3 Å². The van der Waals surface area contributed by atoms with E-state index in [1.54, 1.807) is 8.61 Å². The second kappa shape index (κ2) is 10.2. The zero-order chi connectivity index (χ0) is 19.1. The van der Waals surface area contributed by atoms with Crippen LogP contribution in [0, 0.1) is 5.92 Å². The highest BCUT2D eigenvalue weighted by Gasteiger charge is 2.35. The van der Waals surface area contributed by atoms with Crippen molar-refractivity contribution < 1.29 is 13.2 Å². The first-order valence-corrected chi connectivity index (χ1v) is 12.2. The maximum atomic E-state index is 12.7. The lowest BCUT2D eigenvalue weighted by Gasteiger charge is -2.35. The van der Waals surface area contributed by atoms with Gasteiger partial charge in [-0.25, -0.2) is 0 Å². The Hall–Kier alpha value is -0.700. The van der Waals surface area contributed by atoms with Crippen molar-refractivity contribution in [3.05, 3.63) is 0 Å². The van der Waals surface area contributed by atoms with Crippen LogP contribution in [0.15, 0.2) is 0 Å². The molecule has 1 N–H and O–H groups in total. The third-order valence-electron chi connectivity index (χ3n) is 6.22. The first kappa shape index (κ1) is 21.0. The molecule has 0 aromatic rings. The maximum Gasteiger partial charge on any atom is 0.281 e. The SMILES string of the molecule is O=C(NCCN1CCCCCC1)C1CCN(S(=O)(=O)N2CCCCC2)CC1. The second-order valence-corrected chi connectivity index (χ2v) is 10.1. The van der Waals surface area contributed by atoms with Gasteiger partial charge in [-0.2, -0.15) is 17.0 Å². The van der Waals surface area contributed by atoms with Crippen LogP contribution in [0.4, 0.5) is 0 Å². The molecule has 3 aliphatic heterocycles. The molecule has 0 spiro atoms. The van der Waals surface area contributed by atoms with Crippen molar-refractivity contribution in [1.82, 2.24) is 18.8 Å². The predicted octanol–water partition coefficient (Wildman–Crippen LogP) is 1.42. The molecule has 0 aromatic carbocycles. The molecule has 8 heteroatoms. The topological polar surface area (TPSA) is 73.0 Å². The molecule has 0 unspecified atom stereocenters. The van der Waals surface area contributed by atoms with Crippen LogP contribution in [-0.4, -0.2) is 80.2 Å². The van der Waals surface area contributed by atoms with Gasteiger partial charge in [0.15, 0.2) is 0 Å². The number of hydrogen-bond acceptors (Lipinski definition) is 4. The number of amides is 1. The van der Waals surface area contributed by atoms with E-state index < -0.39 is 10.2 Å². The third kappa shape index (κ3) is 5.89. The molecule has 3 heterocycles. The molecule has 3 aliphatic rings. The molecule has 1 amide bonds. The van der Waals surface area contributed by atoms with E-state index in [-0.39, 0.29) is 11.8 Å². The summed E-state index contributed by atoms with van der Waals surface area (Å²) < 4.78 is 28.7. The number of nitrogens with one attached hydrogen (secondary N) is 1. The molecule has 0 bridgehead atoms. The molecule has 7 nitrogen and oxygen atoms in total. The summed E-state index contributed by atoms with van der Waals surface area (Å²) in [7, 11) is -3.34. The Labute approximate surface area is 164 Å². The van der Waals surface area contributed by atoms with E-state index in [0.717, 1.165) is 38.9 Å². The Morgan fingerprint density at radius 1 is 0.778 bits per heavy atom. The Balaban J connectivity index is 1.38. The number of carbonyl (C=O) groups excluding carboxylic acids is 1. The fraction of sp³-hybridized carbons (Fsp3) is 0.947. The molecule has 3 fully saturated rings. The first-order valence-electron chi connectivity index (χ1n) is 10.8. The van der Waals surface area contributed by atoms with E-state index >= 15 is 0 Å². The number of hydrogen-bond donors (Lipinski definition) is 1. The van der Waals surface area contributed by atoms with Gasteiger partial charge in [0.1, 0.15) is 0 Å². The quantitative estimate of drug-likeness (QED) is 0.732. The summed E-state index contributed by atoms with van der Waals surface area (Å²) in [5.74, 6) is 0.0433. The first-order chi connectivity index (χ1) is 13.1. The highest BCUT2D eigenvalue weighted by Crippen LogP contribution is 2.23. The van der Waals surface area contributed by atoms with Gasteiger partial charge in [-0.05, 0) is 51.6 Å². The summed E-state index contributed by atoms with van der Waals surface area (Å²) in [6, 6.07) is 0. The highest BCUT2D eigenvalue weighted by molar-refractivity contribution is 7.86. The highest BCUT2D eigenvalue weighted by atomic mass is 32.2. The van der Waals surface area contributed by atoms with E-state index in [1.807, 2.05) is 0 Å². The standard InChI is InChI=1S/C19H36N4O3S/c24-19(20-10-17-21-11-4-1-2-5-12-21)18-8-15-23(16-9-18)27(25,26)22-13-6-3-7-14-22/h18H,1-17H2,(H,20,24). The van der Waals surface area contributed by atoms with Gasteiger partial charge in [0.05, 0.1) is 0 Å². The molecule has 0 aliphatic carbocycles. The normalized spacial score (nSPS) is 25.2. The van der Waals surface area contributed by atoms with Gasteiger partial charge in [0, 0.05) is 45.2 Å². The minimum absolute atomic E-state index is 0.0538. The number of nitrogens with zero attached hydrogens (tertiary/aromatic N) is 3.